The molecule has 4 rings (SSSR count). The molecule has 0 saturated carbocycles. The Morgan fingerprint density at radius 2 is 1.75 bits per heavy atom. The van der Waals surface area contributed by atoms with Crippen LogP contribution in [0.4, 0.5) is 5.69 Å². The van der Waals surface area contributed by atoms with Gasteiger partial charge >= 0.3 is 0 Å². The molecule has 1 aliphatic rings. The summed E-state index contributed by atoms with van der Waals surface area (Å²) in [5.41, 5.74) is 3.42. The largest absolute Gasteiger partial charge is 0.369 e. The van der Waals surface area contributed by atoms with Crippen LogP contribution in [0.3, 0.4) is 0 Å². The average molecular weight is 320 g/mol. The van der Waals surface area contributed by atoms with Crippen molar-refractivity contribution in [3.8, 4) is 0 Å². The van der Waals surface area contributed by atoms with Crippen molar-refractivity contribution in [2.24, 2.45) is 0 Å². The van der Waals surface area contributed by atoms with Gasteiger partial charge in [-0.1, -0.05) is 0 Å². The van der Waals surface area contributed by atoms with Crippen molar-refractivity contribution >= 4 is 16.6 Å². The van der Waals surface area contributed by atoms with Gasteiger partial charge in [-0.05, 0) is 25.1 Å². The van der Waals surface area contributed by atoms with Crippen molar-refractivity contribution in [2.45, 2.75) is 13.5 Å². The van der Waals surface area contributed by atoms with Gasteiger partial charge in [-0.25, -0.2) is 19.9 Å². The first kappa shape index (κ1) is 15.0. The number of hydrogen-bond acceptors (Lipinski definition) is 6. The molecule has 3 heterocycles. The van der Waals surface area contributed by atoms with Crippen LogP contribution in [-0.4, -0.2) is 51.0 Å². The Balaban J connectivity index is 1.40. The first-order chi connectivity index (χ1) is 11.8. The van der Waals surface area contributed by atoms with E-state index in [0.29, 0.717) is 0 Å². The van der Waals surface area contributed by atoms with E-state index in [1.807, 2.05) is 25.5 Å². The zero-order valence-electron chi connectivity index (χ0n) is 13.8. The molecule has 0 atom stereocenters. The molecule has 3 aromatic rings. The molecule has 0 spiro atoms. The Labute approximate surface area is 141 Å². The van der Waals surface area contributed by atoms with Crippen LogP contribution in [0.25, 0.3) is 10.9 Å². The van der Waals surface area contributed by atoms with Crippen LogP contribution in [0.2, 0.25) is 0 Å². The third kappa shape index (κ3) is 3.19. The lowest BCUT2D eigenvalue weighted by Crippen LogP contribution is -2.46. The zero-order valence-corrected chi connectivity index (χ0v) is 13.8. The Hall–Kier alpha value is -2.60. The molecule has 0 unspecified atom stereocenters. The van der Waals surface area contributed by atoms with E-state index in [9.17, 15) is 0 Å². The number of hydrogen-bond donors (Lipinski definition) is 0. The summed E-state index contributed by atoms with van der Waals surface area (Å²) in [6, 6.07) is 6.40. The Morgan fingerprint density at radius 3 is 2.54 bits per heavy atom. The minimum absolute atomic E-state index is 0.823. The SMILES string of the molecule is Cc1ncc(CN2CCN(c3ccc4ncncc4c3)CC2)cn1. The fourth-order valence-electron chi connectivity index (χ4n) is 3.09. The first-order valence-electron chi connectivity index (χ1n) is 8.22. The van der Waals surface area contributed by atoms with Crippen molar-refractivity contribution in [1.82, 2.24) is 24.8 Å². The lowest BCUT2D eigenvalue weighted by Gasteiger charge is -2.36. The average Bonchev–Trinajstić information content (AvgIpc) is 2.64. The molecule has 0 radical (unpaired) electrons. The number of aryl methyl sites for hydroxylation is 1. The number of rotatable bonds is 3. The predicted molar refractivity (Wildman–Crippen MR) is 93.8 cm³/mol. The summed E-state index contributed by atoms with van der Waals surface area (Å²) in [5, 5.41) is 1.09. The Bertz CT molecular complexity index is 824. The van der Waals surface area contributed by atoms with E-state index in [1.54, 1.807) is 6.33 Å². The van der Waals surface area contributed by atoms with E-state index in [-0.39, 0.29) is 0 Å². The second kappa shape index (κ2) is 6.49. The summed E-state index contributed by atoms with van der Waals surface area (Å²) in [6.45, 7) is 6.95. The molecule has 1 saturated heterocycles. The first-order valence-corrected chi connectivity index (χ1v) is 8.22. The molecule has 6 heteroatoms. The number of benzene rings is 1. The quantitative estimate of drug-likeness (QED) is 0.736. The summed E-state index contributed by atoms with van der Waals surface area (Å²) in [7, 11) is 0. The summed E-state index contributed by atoms with van der Waals surface area (Å²) in [5.74, 6) is 0.823. The molecular weight excluding hydrogens is 300 g/mol. The molecule has 1 aromatic carbocycles. The fraction of sp³-hybridized carbons (Fsp3) is 0.333. The van der Waals surface area contributed by atoms with Gasteiger partial charge in [0, 0.05) is 68.0 Å². The van der Waals surface area contributed by atoms with Crippen LogP contribution >= 0.6 is 0 Å². The normalized spacial score (nSPS) is 15.8. The van der Waals surface area contributed by atoms with Gasteiger partial charge in [0.2, 0.25) is 0 Å². The van der Waals surface area contributed by atoms with Gasteiger partial charge in [0.05, 0.1) is 5.52 Å². The van der Waals surface area contributed by atoms with Crippen LogP contribution in [0.15, 0.2) is 43.1 Å². The van der Waals surface area contributed by atoms with Gasteiger partial charge in [-0.3, -0.25) is 4.90 Å². The highest BCUT2D eigenvalue weighted by atomic mass is 15.3. The van der Waals surface area contributed by atoms with Crippen molar-refractivity contribution in [3.05, 3.63) is 54.5 Å². The van der Waals surface area contributed by atoms with Gasteiger partial charge in [-0.2, -0.15) is 0 Å². The Morgan fingerprint density at radius 1 is 0.958 bits per heavy atom. The number of nitrogens with zero attached hydrogens (tertiary/aromatic N) is 6. The van der Waals surface area contributed by atoms with Crippen molar-refractivity contribution in [2.75, 3.05) is 31.1 Å². The van der Waals surface area contributed by atoms with E-state index >= 15 is 0 Å². The molecule has 0 aliphatic carbocycles. The Kier molecular flexibility index (Phi) is 4.04. The molecule has 0 bridgehead atoms. The van der Waals surface area contributed by atoms with Gasteiger partial charge in [0.25, 0.3) is 0 Å². The van der Waals surface area contributed by atoms with Gasteiger partial charge in [-0.15, -0.1) is 0 Å². The van der Waals surface area contributed by atoms with E-state index in [0.717, 1.165) is 49.5 Å². The number of fused-ring (bicyclic) bond motifs is 1. The van der Waals surface area contributed by atoms with Crippen molar-refractivity contribution in [1.29, 1.82) is 0 Å². The monoisotopic (exact) mass is 320 g/mol. The maximum atomic E-state index is 4.28. The van der Waals surface area contributed by atoms with E-state index in [2.05, 4.69) is 47.9 Å². The third-order valence-electron chi connectivity index (χ3n) is 4.47. The lowest BCUT2D eigenvalue weighted by molar-refractivity contribution is 0.249. The van der Waals surface area contributed by atoms with Gasteiger partial charge in [0.1, 0.15) is 12.2 Å². The maximum Gasteiger partial charge on any atom is 0.125 e. The minimum atomic E-state index is 0.823. The van der Waals surface area contributed by atoms with Crippen LogP contribution in [0.5, 0.6) is 0 Å². The van der Waals surface area contributed by atoms with E-state index in [1.165, 1.54) is 11.3 Å². The highest BCUT2D eigenvalue weighted by molar-refractivity contribution is 5.81. The topological polar surface area (TPSA) is 58.0 Å². The molecule has 6 nitrogen and oxygen atoms in total. The van der Waals surface area contributed by atoms with E-state index < -0.39 is 0 Å². The minimum Gasteiger partial charge on any atom is -0.369 e. The summed E-state index contributed by atoms with van der Waals surface area (Å²) in [6.07, 6.45) is 7.32. The molecule has 122 valence electrons. The van der Waals surface area contributed by atoms with Crippen molar-refractivity contribution in [3.63, 3.8) is 0 Å². The summed E-state index contributed by atoms with van der Waals surface area (Å²) >= 11 is 0. The second-order valence-corrected chi connectivity index (χ2v) is 6.17. The summed E-state index contributed by atoms with van der Waals surface area (Å²) in [4.78, 5) is 21.8. The predicted octanol–water partition coefficient (Wildman–Crippen LogP) is 2.05. The molecule has 1 aliphatic heterocycles. The van der Waals surface area contributed by atoms with Crippen LogP contribution < -0.4 is 4.90 Å². The molecule has 2 aromatic heterocycles. The maximum absolute atomic E-state index is 4.28. The molecule has 1 fully saturated rings. The highest BCUT2D eigenvalue weighted by Gasteiger charge is 2.17. The molecule has 0 N–H and O–H groups in total. The van der Waals surface area contributed by atoms with Crippen LogP contribution in [0, 0.1) is 6.92 Å². The lowest BCUT2D eigenvalue weighted by atomic mass is 10.2. The van der Waals surface area contributed by atoms with Crippen molar-refractivity contribution < 1.29 is 0 Å². The molecule has 0 amide bonds. The second-order valence-electron chi connectivity index (χ2n) is 6.17. The summed E-state index contributed by atoms with van der Waals surface area (Å²) < 4.78 is 0. The van der Waals surface area contributed by atoms with Crippen LogP contribution in [-0.2, 0) is 6.54 Å². The van der Waals surface area contributed by atoms with Crippen LogP contribution in [0.1, 0.15) is 11.4 Å². The smallest absolute Gasteiger partial charge is 0.125 e. The molecule has 24 heavy (non-hydrogen) atoms. The number of anilines is 1. The highest BCUT2D eigenvalue weighted by Crippen LogP contribution is 2.21. The third-order valence-corrected chi connectivity index (χ3v) is 4.47. The number of aromatic nitrogens is 4. The fourth-order valence-corrected chi connectivity index (χ4v) is 3.09. The van der Waals surface area contributed by atoms with Gasteiger partial charge < -0.3 is 4.90 Å². The van der Waals surface area contributed by atoms with E-state index in [4.69, 9.17) is 0 Å². The number of piperazine rings is 1. The standard InChI is InChI=1S/C18H20N6/c1-14-20-9-15(10-21-14)12-23-4-6-24(7-5-23)17-2-3-18-16(8-17)11-19-13-22-18/h2-3,8-11,13H,4-7,12H2,1H3. The van der Waals surface area contributed by atoms with Gasteiger partial charge in [0.15, 0.2) is 0 Å². The molecular formula is C18H20N6. The zero-order chi connectivity index (χ0) is 16.4.